The van der Waals surface area contributed by atoms with Crippen molar-refractivity contribution in [1.82, 2.24) is 0 Å². The molecule has 0 saturated carbocycles. The molecule has 22 heavy (non-hydrogen) atoms. The maximum Gasteiger partial charge on any atom is 0.414 e. The minimum absolute atomic E-state index is 0. The quantitative estimate of drug-likeness (QED) is 0.842. The van der Waals surface area contributed by atoms with Gasteiger partial charge >= 0.3 is 6.09 Å². The maximum atomic E-state index is 12.2. The fourth-order valence-electron chi connectivity index (χ4n) is 2.58. The first kappa shape index (κ1) is 16.9. The van der Waals surface area contributed by atoms with E-state index in [1.54, 1.807) is 18.2 Å². The zero-order valence-electron chi connectivity index (χ0n) is 12.1. The number of fused-ring (bicyclic) bond motifs is 1. The highest BCUT2D eigenvalue weighted by Crippen LogP contribution is 2.34. The van der Waals surface area contributed by atoms with E-state index in [0.717, 1.165) is 0 Å². The lowest BCUT2D eigenvalue weighted by Gasteiger charge is -2.28. The summed E-state index contributed by atoms with van der Waals surface area (Å²) in [5, 5.41) is 0. The minimum atomic E-state index is -3.31. The van der Waals surface area contributed by atoms with Gasteiger partial charge in [0.1, 0.15) is 6.10 Å². The number of carbonyl (C=O) groups is 1. The number of hydrogen-bond donors (Lipinski definition) is 1. The highest BCUT2D eigenvalue weighted by molar-refractivity contribution is 7.91. The van der Waals surface area contributed by atoms with E-state index in [9.17, 15) is 13.2 Å². The highest BCUT2D eigenvalue weighted by atomic mass is 35.5. The van der Waals surface area contributed by atoms with Gasteiger partial charge in [-0.1, -0.05) is 0 Å². The maximum absolute atomic E-state index is 12.2. The monoisotopic (exact) mass is 347 g/mol. The molecule has 1 fully saturated rings. The number of cyclic esters (lactones) is 1. The predicted molar refractivity (Wildman–Crippen MR) is 85.7 cm³/mol. The Labute approximate surface area is 135 Å². The Bertz CT molecular complexity index is 695. The van der Waals surface area contributed by atoms with E-state index < -0.39 is 15.9 Å². The normalized spacial score (nSPS) is 22.8. The summed E-state index contributed by atoms with van der Waals surface area (Å²) in [7, 11) is -1.46. The van der Waals surface area contributed by atoms with Gasteiger partial charge in [0, 0.05) is 25.8 Å². The molecule has 0 aliphatic carbocycles. The fourth-order valence-corrected chi connectivity index (χ4v) is 4.15. The van der Waals surface area contributed by atoms with Crippen LogP contribution >= 0.6 is 12.4 Å². The van der Waals surface area contributed by atoms with Crippen LogP contribution in [0.1, 0.15) is 0 Å². The molecule has 1 saturated heterocycles. The van der Waals surface area contributed by atoms with Crippen molar-refractivity contribution in [2.45, 2.75) is 11.0 Å². The first-order chi connectivity index (χ1) is 9.92. The van der Waals surface area contributed by atoms with Crippen LogP contribution in [0.5, 0.6) is 0 Å². The van der Waals surface area contributed by atoms with Crippen LogP contribution in [0.4, 0.5) is 16.2 Å². The molecule has 3 rings (SSSR count). The van der Waals surface area contributed by atoms with Crippen molar-refractivity contribution in [2.24, 2.45) is 5.73 Å². The zero-order chi connectivity index (χ0) is 15.2. The minimum Gasteiger partial charge on any atom is -0.443 e. The van der Waals surface area contributed by atoms with Gasteiger partial charge in [-0.3, -0.25) is 4.90 Å². The second-order valence-corrected chi connectivity index (χ2v) is 7.32. The molecular weight excluding hydrogens is 330 g/mol. The van der Waals surface area contributed by atoms with Crippen molar-refractivity contribution in [3.63, 3.8) is 0 Å². The third-order valence-electron chi connectivity index (χ3n) is 3.83. The summed E-state index contributed by atoms with van der Waals surface area (Å²) in [4.78, 5) is 15.4. The number of sulfone groups is 1. The SMILES string of the molecule is CN1CCS(=O)(=O)c2cc(N3C[C@H](CN)OC3=O)ccc21.Cl. The molecule has 2 N–H and O–H groups in total. The molecule has 122 valence electrons. The summed E-state index contributed by atoms with van der Waals surface area (Å²) >= 11 is 0. The summed E-state index contributed by atoms with van der Waals surface area (Å²) in [5.74, 6) is 0.0792. The second kappa shape index (κ2) is 5.94. The number of benzene rings is 1. The lowest BCUT2D eigenvalue weighted by Crippen LogP contribution is -2.33. The zero-order valence-corrected chi connectivity index (χ0v) is 13.7. The first-order valence-electron chi connectivity index (χ1n) is 6.68. The van der Waals surface area contributed by atoms with Crippen molar-refractivity contribution in [1.29, 1.82) is 0 Å². The van der Waals surface area contributed by atoms with Crippen LogP contribution in [-0.2, 0) is 14.6 Å². The van der Waals surface area contributed by atoms with E-state index in [1.165, 1.54) is 4.90 Å². The van der Waals surface area contributed by atoms with Gasteiger partial charge in [-0.2, -0.15) is 0 Å². The Morgan fingerprint density at radius 3 is 2.77 bits per heavy atom. The lowest BCUT2D eigenvalue weighted by molar-refractivity contribution is 0.145. The number of rotatable bonds is 2. The molecule has 2 aliphatic rings. The van der Waals surface area contributed by atoms with Gasteiger partial charge in [0.25, 0.3) is 0 Å². The van der Waals surface area contributed by atoms with Gasteiger partial charge in [0.15, 0.2) is 9.84 Å². The van der Waals surface area contributed by atoms with Gasteiger partial charge in [-0.25, -0.2) is 13.2 Å². The molecular formula is C13H18ClN3O4S. The number of amides is 1. The summed E-state index contributed by atoms with van der Waals surface area (Å²) in [6.07, 6.45) is -0.847. The number of anilines is 2. The standard InChI is InChI=1S/C13H17N3O4S.ClH/c1-15-4-5-21(18,19)12-6-9(2-3-11(12)15)16-8-10(7-14)20-13(16)17;/h2-3,6,10H,4-5,7-8,14H2,1H3;1H/t10-;/m0./s1. The Kier molecular flexibility index (Phi) is 4.55. The Morgan fingerprint density at radius 1 is 1.41 bits per heavy atom. The largest absolute Gasteiger partial charge is 0.443 e. The molecule has 0 unspecified atom stereocenters. The van der Waals surface area contributed by atoms with Crippen molar-refractivity contribution < 1.29 is 17.9 Å². The van der Waals surface area contributed by atoms with Crippen LogP contribution in [0.3, 0.4) is 0 Å². The fraction of sp³-hybridized carbons (Fsp3) is 0.462. The van der Waals surface area contributed by atoms with E-state index in [-0.39, 0.29) is 35.7 Å². The topological polar surface area (TPSA) is 92.9 Å². The first-order valence-corrected chi connectivity index (χ1v) is 8.34. The molecule has 1 aromatic carbocycles. The van der Waals surface area contributed by atoms with E-state index in [1.807, 2.05) is 11.9 Å². The van der Waals surface area contributed by atoms with E-state index >= 15 is 0 Å². The summed E-state index contributed by atoms with van der Waals surface area (Å²) < 4.78 is 29.5. The summed E-state index contributed by atoms with van der Waals surface area (Å²) in [6, 6.07) is 5.00. The molecule has 2 heterocycles. The molecule has 1 aromatic rings. The van der Waals surface area contributed by atoms with E-state index in [2.05, 4.69) is 0 Å². The van der Waals surface area contributed by atoms with Gasteiger partial charge < -0.3 is 15.4 Å². The van der Waals surface area contributed by atoms with Gasteiger partial charge in [0.2, 0.25) is 0 Å². The summed E-state index contributed by atoms with van der Waals surface area (Å²) in [6.45, 7) is 1.05. The molecule has 0 radical (unpaired) electrons. The Balaban J connectivity index is 0.00000176. The van der Waals surface area contributed by atoms with Gasteiger partial charge in [-0.05, 0) is 18.2 Å². The lowest BCUT2D eigenvalue weighted by atomic mass is 10.2. The van der Waals surface area contributed by atoms with E-state index in [4.69, 9.17) is 10.5 Å². The highest BCUT2D eigenvalue weighted by Gasteiger charge is 2.33. The smallest absolute Gasteiger partial charge is 0.414 e. The van der Waals surface area contributed by atoms with Crippen LogP contribution in [0.15, 0.2) is 23.1 Å². The van der Waals surface area contributed by atoms with Crippen molar-refractivity contribution >= 4 is 39.7 Å². The van der Waals surface area contributed by atoms with Crippen molar-refractivity contribution in [2.75, 3.05) is 42.2 Å². The molecule has 7 nitrogen and oxygen atoms in total. The third-order valence-corrected chi connectivity index (χ3v) is 5.55. The van der Waals surface area contributed by atoms with Crippen LogP contribution in [0.25, 0.3) is 0 Å². The molecule has 0 spiro atoms. The average molecular weight is 348 g/mol. The van der Waals surface area contributed by atoms with Crippen LogP contribution < -0.4 is 15.5 Å². The predicted octanol–water partition coefficient (Wildman–Crippen LogP) is 0.616. The number of carbonyl (C=O) groups excluding carboxylic acids is 1. The molecule has 9 heteroatoms. The third kappa shape index (κ3) is 2.73. The Morgan fingerprint density at radius 2 is 2.14 bits per heavy atom. The van der Waals surface area contributed by atoms with Crippen molar-refractivity contribution in [3.05, 3.63) is 18.2 Å². The van der Waals surface area contributed by atoms with Crippen LogP contribution in [-0.4, -0.2) is 53.0 Å². The van der Waals surface area contributed by atoms with Crippen LogP contribution in [0.2, 0.25) is 0 Å². The second-order valence-electron chi connectivity index (χ2n) is 5.24. The molecule has 1 amide bonds. The Hall–Kier alpha value is -1.51. The number of nitrogens with two attached hydrogens (primary N) is 1. The number of nitrogens with zero attached hydrogens (tertiary/aromatic N) is 2. The molecule has 0 bridgehead atoms. The number of halogens is 1. The number of hydrogen-bond acceptors (Lipinski definition) is 6. The molecule has 2 aliphatic heterocycles. The van der Waals surface area contributed by atoms with Crippen molar-refractivity contribution in [3.8, 4) is 0 Å². The number of ether oxygens (including phenoxy) is 1. The van der Waals surface area contributed by atoms with Gasteiger partial charge in [0.05, 0.1) is 22.9 Å². The average Bonchev–Trinajstić information content (AvgIpc) is 2.84. The molecule has 1 atom stereocenters. The van der Waals surface area contributed by atoms with Crippen LogP contribution in [0, 0.1) is 0 Å². The van der Waals surface area contributed by atoms with E-state index in [0.29, 0.717) is 24.5 Å². The summed E-state index contributed by atoms with van der Waals surface area (Å²) in [5.41, 5.74) is 6.68. The molecule has 0 aromatic heterocycles. The van der Waals surface area contributed by atoms with Gasteiger partial charge in [-0.15, -0.1) is 12.4 Å².